The number of carbonyl (C=O) groups excluding carboxylic acids is 2. The van der Waals surface area contributed by atoms with E-state index in [2.05, 4.69) is 0 Å². The highest BCUT2D eigenvalue weighted by atomic mass is 32.2. The number of hydrogen-bond acceptors (Lipinski definition) is 6. The van der Waals surface area contributed by atoms with E-state index in [4.69, 9.17) is 14.2 Å². The molecule has 0 N–H and O–H groups in total. The van der Waals surface area contributed by atoms with Crippen molar-refractivity contribution in [2.75, 3.05) is 13.2 Å². The van der Waals surface area contributed by atoms with Gasteiger partial charge < -0.3 is 14.2 Å². The van der Waals surface area contributed by atoms with Gasteiger partial charge in [0.1, 0.15) is 0 Å². The Morgan fingerprint density at radius 2 is 1.67 bits per heavy atom. The van der Waals surface area contributed by atoms with Crippen LogP contribution in [0.2, 0.25) is 0 Å². The van der Waals surface area contributed by atoms with Gasteiger partial charge in [-0.2, -0.15) is 0 Å². The first-order valence-electron chi connectivity index (χ1n) is 6.33. The summed E-state index contributed by atoms with van der Waals surface area (Å²) in [7, 11) is 0. The van der Waals surface area contributed by atoms with Gasteiger partial charge in [0.15, 0.2) is 4.93 Å². The third kappa shape index (κ3) is 4.76. The maximum absolute atomic E-state index is 11.6. The summed E-state index contributed by atoms with van der Waals surface area (Å²) in [6, 6.07) is 0. The number of hydrogen-bond donors (Lipinski definition) is 0. The maximum atomic E-state index is 11.6. The van der Waals surface area contributed by atoms with Crippen LogP contribution in [0.3, 0.4) is 0 Å². The highest BCUT2D eigenvalue weighted by Crippen LogP contribution is 2.42. The zero-order valence-corrected chi connectivity index (χ0v) is 11.7. The molecule has 1 saturated carbocycles. The standard InChI is InChI=1S/C12H20O5S/c1-3-15-10(13)17-12(8-6-5-7-9-12)18-11(14)16-4-2/h3-9H2,1-2H3. The number of carbonyl (C=O) groups is 2. The Balaban J connectivity index is 2.62. The van der Waals surface area contributed by atoms with Gasteiger partial charge in [0.25, 0.3) is 0 Å². The van der Waals surface area contributed by atoms with Gasteiger partial charge in [-0.25, -0.2) is 9.59 Å². The van der Waals surface area contributed by atoms with Crippen LogP contribution in [0.15, 0.2) is 0 Å². The van der Waals surface area contributed by atoms with Crippen LogP contribution in [-0.2, 0) is 14.2 Å². The Morgan fingerprint density at radius 3 is 2.22 bits per heavy atom. The Labute approximate surface area is 112 Å². The lowest BCUT2D eigenvalue weighted by Crippen LogP contribution is -2.35. The van der Waals surface area contributed by atoms with Crippen molar-refractivity contribution in [3.05, 3.63) is 0 Å². The summed E-state index contributed by atoms with van der Waals surface area (Å²) in [5, 5.41) is -0.399. The van der Waals surface area contributed by atoms with Gasteiger partial charge in [-0.3, -0.25) is 0 Å². The predicted molar refractivity (Wildman–Crippen MR) is 68.5 cm³/mol. The molecule has 0 bridgehead atoms. The van der Waals surface area contributed by atoms with Gasteiger partial charge in [-0.05, 0) is 39.5 Å². The molecule has 0 saturated heterocycles. The molecule has 0 radical (unpaired) electrons. The summed E-state index contributed by atoms with van der Waals surface area (Å²) >= 11 is 0.963. The monoisotopic (exact) mass is 276 g/mol. The van der Waals surface area contributed by atoms with E-state index in [0.717, 1.165) is 31.0 Å². The van der Waals surface area contributed by atoms with Crippen LogP contribution in [0.5, 0.6) is 0 Å². The Hall–Kier alpha value is -0.910. The minimum absolute atomic E-state index is 0.263. The molecule has 1 aliphatic carbocycles. The van der Waals surface area contributed by atoms with Crippen LogP contribution in [0.4, 0.5) is 9.59 Å². The molecule has 0 aromatic carbocycles. The van der Waals surface area contributed by atoms with Crippen LogP contribution in [0.25, 0.3) is 0 Å². The molecule has 0 aliphatic heterocycles. The molecular formula is C12H20O5S. The molecule has 0 amide bonds. The molecule has 0 aromatic rings. The van der Waals surface area contributed by atoms with Crippen LogP contribution < -0.4 is 0 Å². The number of thioether (sulfide) groups is 1. The zero-order chi connectivity index (χ0) is 13.4. The van der Waals surface area contributed by atoms with E-state index in [1.807, 2.05) is 0 Å². The molecule has 0 unspecified atom stereocenters. The van der Waals surface area contributed by atoms with Crippen molar-refractivity contribution in [2.45, 2.75) is 50.9 Å². The van der Waals surface area contributed by atoms with Gasteiger partial charge in [0, 0.05) is 11.8 Å². The van der Waals surface area contributed by atoms with Crippen molar-refractivity contribution in [3.8, 4) is 0 Å². The van der Waals surface area contributed by atoms with Crippen LogP contribution in [-0.4, -0.2) is 29.6 Å². The van der Waals surface area contributed by atoms with E-state index >= 15 is 0 Å². The fourth-order valence-corrected chi connectivity index (χ4v) is 3.00. The van der Waals surface area contributed by atoms with Crippen molar-refractivity contribution >= 4 is 23.2 Å². The summed E-state index contributed by atoms with van der Waals surface area (Å²) < 4.78 is 15.0. The second-order valence-corrected chi connectivity index (χ2v) is 5.32. The van der Waals surface area contributed by atoms with Gasteiger partial charge in [0.2, 0.25) is 0 Å². The van der Waals surface area contributed by atoms with Crippen molar-refractivity contribution in [2.24, 2.45) is 0 Å². The van der Waals surface area contributed by atoms with Gasteiger partial charge in [-0.15, -0.1) is 0 Å². The molecule has 0 heterocycles. The largest absolute Gasteiger partial charge is 0.509 e. The molecule has 5 nitrogen and oxygen atoms in total. The summed E-state index contributed by atoms with van der Waals surface area (Å²) in [5.41, 5.74) is 0. The predicted octanol–water partition coefficient (Wildman–Crippen LogP) is 3.71. The second kappa shape index (κ2) is 7.51. The van der Waals surface area contributed by atoms with Crippen LogP contribution >= 0.6 is 11.8 Å². The lowest BCUT2D eigenvalue weighted by molar-refractivity contribution is -0.00283. The first-order valence-corrected chi connectivity index (χ1v) is 7.15. The first-order chi connectivity index (χ1) is 8.62. The average Bonchev–Trinajstić information content (AvgIpc) is 2.30. The maximum Gasteiger partial charge on any atom is 0.509 e. The minimum Gasteiger partial charge on any atom is -0.458 e. The van der Waals surface area contributed by atoms with Crippen molar-refractivity contribution < 1.29 is 23.8 Å². The molecule has 0 spiro atoms. The van der Waals surface area contributed by atoms with Gasteiger partial charge in [-0.1, -0.05) is 6.42 Å². The Bertz CT molecular complexity index is 264. The second-order valence-electron chi connectivity index (χ2n) is 4.04. The molecule has 1 rings (SSSR count). The highest BCUT2D eigenvalue weighted by Gasteiger charge is 2.40. The van der Waals surface area contributed by atoms with Gasteiger partial charge in [0.05, 0.1) is 13.2 Å². The fraction of sp³-hybridized carbons (Fsp3) is 0.833. The van der Waals surface area contributed by atoms with Crippen molar-refractivity contribution in [1.29, 1.82) is 0 Å². The summed E-state index contributed by atoms with van der Waals surface area (Å²) in [4.78, 5) is 22.2. The smallest absolute Gasteiger partial charge is 0.458 e. The van der Waals surface area contributed by atoms with Gasteiger partial charge >= 0.3 is 11.5 Å². The van der Waals surface area contributed by atoms with E-state index in [9.17, 15) is 9.59 Å². The van der Waals surface area contributed by atoms with E-state index in [1.165, 1.54) is 0 Å². The summed E-state index contributed by atoms with van der Waals surface area (Å²) in [6.45, 7) is 4.05. The lowest BCUT2D eigenvalue weighted by Gasteiger charge is -2.34. The van der Waals surface area contributed by atoms with Crippen molar-refractivity contribution in [3.63, 3.8) is 0 Å². The normalized spacial score (nSPS) is 17.9. The van der Waals surface area contributed by atoms with E-state index in [0.29, 0.717) is 19.4 Å². The third-order valence-electron chi connectivity index (χ3n) is 2.68. The first kappa shape index (κ1) is 15.1. The quantitative estimate of drug-likeness (QED) is 0.576. The molecule has 1 aliphatic rings. The molecule has 1 fully saturated rings. The van der Waals surface area contributed by atoms with E-state index in [-0.39, 0.29) is 6.61 Å². The molecular weight excluding hydrogens is 256 g/mol. The molecule has 6 heteroatoms. The zero-order valence-electron chi connectivity index (χ0n) is 10.9. The third-order valence-corrected chi connectivity index (χ3v) is 3.83. The number of ether oxygens (including phenoxy) is 3. The van der Waals surface area contributed by atoms with Crippen LogP contribution in [0, 0.1) is 0 Å². The molecule has 0 aromatic heterocycles. The van der Waals surface area contributed by atoms with E-state index < -0.39 is 16.4 Å². The fourth-order valence-electron chi connectivity index (χ4n) is 1.91. The SMILES string of the molecule is CCOC(=O)OC1(SC(=O)OCC)CCCCC1. The van der Waals surface area contributed by atoms with Crippen LogP contribution in [0.1, 0.15) is 46.0 Å². The topological polar surface area (TPSA) is 61.8 Å². The summed E-state index contributed by atoms with van der Waals surface area (Å²) in [6.07, 6.45) is 3.58. The molecule has 0 atom stereocenters. The molecule has 104 valence electrons. The van der Waals surface area contributed by atoms with E-state index in [1.54, 1.807) is 13.8 Å². The summed E-state index contributed by atoms with van der Waals surface area (Å²) in [5.74, 6) is 0. The molecule has 18 heavy (non-hydrogen) atoms. The Morgan fingerprint density at radius 1 is 1.06 bits per heavy atom. The minimum atomic E-state index is -0.809. The van der Waals surface area contributed by atoms with Crippen molar-refractivity contribution in [1.82, 2.24) is 0 Å². The lowest BCUT2D eigenvalue weighted by atomic mass is 9.97. The number of rotatable bonds is 4. The Kier molecular flexibility index (Phi) is 6.32. The highest BCUT2D eigenvalue weighted by molar-refractivity contribution is 8.14. The average molecular weight is 276 g/mol.